The van der Waals surface area contributed by atoms with E-state index in [-0.39, 0.29) is 12.2 Å². The Morgan fingerprint density at radius 1 is 1.35 bits per heavy atom. The fraction of sp³-hybridized carbons (Fsp3) is 0.733. The van der Waals surface area contributed by atoms with E-state index in [4.69, 9.17) is 4.74 Å². The first-order valence-corrected chi connectivity index (χ1v) is 7.72. The number of rotatable bonds is 7. The molecule has 0 aromatic carbocycles. The molecule has 0 aliphatic rings. The molecule has 2 N–H and O–H groups in total. The molecule has 1 heterocycles. The Morgan fingerprint density at radius 3 is 2.52 bits per heavy atom. The number of alkyl carbamates (subject to hydrolysis) is 1. The second kappa shape index (κ2) is 7.94. The molecule has 1 amide bonds. The van der Waals surface area contributed by atoms with Crippen LogP contribution in [-0.4, -0.2) is 37.8 Å². The summed E-state index contributed by atoms with van der Waals surface area (Å²) in [5, 5.41) is 19.3. The first-order chi connectivity index (χ1) is 10.6. The average Bonchev–Trinajstić information content (AvgIpc) is 2.77. The fourth-order valence-electron chi connectivity index (χ4n) is 1.97. The summed E-state index contributed by atoms with van der Waals surface area (Å²) in [6.45, 7) is 10.1. The number of aromatic carboxylic acids is 1. The van der Waals surface area contributed by atoms with Gasteiger partial charge in [-0.15, -0.1) is 5.10 Å². The minimum absolute atomic E-state index is 0.00518. The highest BCUT2D eigenvalue weighted by Gasteiger charge is 2.21. The van der Waals surface area contributed by atoms with Crippen LogP contribution in [0.15, 0.2) is 0 Å². The van der Waals surface area contributed by atoms with Gasteiger partial charge in [0.2, 0.25) is 0 Å². The molecule has 0 radical (unpaired) electrons. The summed E-state index contributed by atoms with van der Waals surface area (Å²) < 4.78 is 6.67. The van der Waals surface area contributed by atoms with E-state index < -0.39 is 17.7 Å². The standard InChI is InChI=1S/C15H26N4O4/c1-10(2)7-6-8-19-11(12(13(20)21)17-18-19)9-16-14(22)23-15(3,4)5/h10H,6-9H2,1-5H3,(H,16,22)(H,20,21). The third-order valence-electron chi connectivity index (χ3n) is 2.99. The first-order valence-electron chi connectivity index (χ1n) is 7.72. The van der Waals surface area contributed by atoms with Crippen molar-refractivity contribution < 1.29 is 19.4 Å². The van der Waals surface area contributed by atoms with Gasteiger partial charge in [-0.1, -0.05) is 19.1 Å². The Kier molecular flexibility index (Phi) is 6.53. The van der Waals surface area contributed by atoms with Crippen molar-refractivity contribution in [2.24, 2.45) is 5.92 Å². The number of amides is 1. The zero-order chi connectivity index (χ0) is 17.6. The number of carboxylic acids is 1. The number of aromatic nitrogens is 3. The molecule has 23 heavy (non-hydrogen) atoms. The van der Waals surface area contributed by atoms with Crippen LogP contribution in [0.3, 0.4) is 0 Å². The Morgan fingerprint density at radius 2 is 2.00 bits per heavy atom. The highest BCUT2D eigenvalue weighted by molar-refractivity contribution is 5.86. The van der Waals surface area contributed by atoms with Gasteiger partial charge in [0.25, 0.3) is 0 Å². The molecule has 0 spiro atoms. The van der Waals surface area contributed by atoms with Crippen LogP contribution in [-0.2, 0) is 17.8 Å². The van der Waals surface area contributed by atoms with Crippen LogP contribution in [0, 0.1) is 5.92 Å². The molecule has 0 aliphatic carbocycles. The smallest absolute Gasteiger partial charge is 0.407 e. The summed E-state index contributed by atoms with van der Waals surface area (Å²) in [5.41, 5.74) is -0.395. The number of nitrogens with zero attached hydrogens (tertiary/aromatic N) is 3. The van der Waals surface area contributed by atoms with E-state index in [0.717, 1.165) is 12.8 Å². The predicted octanol–water partition coefficient (Wildman–Crippen LogP) is 2.44. The summed E-state index contributed by atoms with van der Waals surface area (Å²) >= 11 is 0. The van der Waals surface area contributed by atoms with Crippen molar-refractivity contribution in [3.63, 3.8) is 0 Å². The second-order valence-corrected chi connectivity index (χ2v) is 6.80. The van der Waals surface area contributed by atoms with E-state index in [0.29, 0.717) is 18.2 Å². The van der Waals surface area contributed by atoms with Crippen molar-refractivity contribution in [3.8, 4) is 0 Å². The van der Waals surface area contributed by atoms with Gasteiger partial charge in [-0.3, -0.25) is 0 Å². The molecule has 1 aromatic rings. The van der Waals surface area contributed by atoms with E-state index in [1.807, 2.05) is 0 Å². The topological polar surface area (TPSA) is 106 Å². The molecule has 1 aromatic heterocycles. The van der Waals surface area contributed by atoms with Crippen molar-refractivity contribution >= 4 is 12.1 Å². The van der Waals surface area contributed by atoms with Crippen LogP contribution in [0.25, 0.3) is 0 Å². The van der Waals surface area contributed by atoms with Crippen molar-refractivity contribution in [3.05, 3.63) is 11.4 Å². The number of hydrogen-bond donors (Lipinski definition) is 2. The molecule has 0 unspecified atom stereocenters. The van der Waals surface area contributed by atoms with Crippen LogP contribution in [0.2, 0.25) is 0 Å². The first kappa shape index (κ1) is 18.9. The van der Waals surface area contributed by atoms with Crippen LogP contribution >= 0.6 is 0 Å². The molecule has 0 saturated heterocycles. The van der Waals surface area contributed by atoms with Crippen LogP contribution < -0.4 is 5.32 Å². The Labute approximate surface area is 136 Å². The van der Waals surface area contributed by atoms with Gasteiger partial charge in [-0.25, -0.2) is 14.3 Å². The van der Waals surface area contributed by atoms with Gasteiger partial charge in [0.05, 0.1) is 12.2 Å². The third kappa shape index (κ3) is 6.66. The Bertz CT molecular complexity index is 546. The Balaban J connectivity index is 2.75. The summed E-state index contributed by atoms with van der Waals surface area (Å²) in [6, 6.07) is 0. The average molecular weight is 326 g/mol. The second-order valence-electron chi connectivity index (χ2n) is 6.80. The highest BCUT2D eigenvalue weighted by Crippen LogP contribution is 2.11. The molecule has 0 fully saturated rings. The summed E-state index contributed by atoms with van der Waals surface area (Å²) in [6.07, 6.45) is 1.25. The SMILES string of the molecule is CC(C)CCCn1nnc(C(=O)O)c1CNC(=O)OC(C)(C)C. The van der Waals surface area contributed by atoms with Crippen LogP contribution in [0.4, 0.5) is 4.79 Å². The van der Waals surface area contributed by atoms with Gasteiger partial charge >= 0.3 is 12.1 Å². The number of aryl methyl sites for hydroxylation is 1. The van der Waals surface area contributed by atoms with Crippen molar-refractivity contribution in [1.82, 2.24) is 20.3 Å². The normalized spacial score (nSPS) is 11.6. The quantitative estimate of drug-likeness (QED) is 0.797. The lowest BCUT2D eigenvalue weighted by Crippen LogP contribution is -2.33. The molecule has 0 aliphatic heterocycles. The lowest BCUT2D eigenvalue weighted by atomic mass is 10.1. The van der Waals surface area contributed by atoms with E-state index in [2.05, 4.69) is 29.5 Å². The molecule has 1 rings (SSSR count). The van der Waals surface area contributed by atoms with Crippen molar-refractivity contribution in [2.45, 2.75) is 66.2 Å². The minimum Gasteiger partial charge on any atom is -0.476 e. The number of hydrogen-bond acceptors (Lipinski definition) is 5. The van der Waals surface area contributed by atoms with Gasteiger partial charge in [-0.05, 0) is 39.5 Å². The van der Waals surface area contributed by atoms with Crippen LogP contribution in [0.1, 0.15) is 63.6 Å². The van der Waals surface area contributed by atoms with Gasteiger partial charge in [0.1, 0.15) is 5.60 Å². The minimum atomic E-state index is -1.17. The van der Waals surface area contributed by atoms with Gasteiger partial charge in [0, 0.05) is 6.54 Å². The predicted molar refractivity (Wildman–Crippen MR) is 84.1 cm³/mol. The fourth-order valence-corrected chi connectivity index (χ4v) is 1.97. The monoisotopic (exact) mass is 326 g/mol. The Hall–Kier alpha value is -2.12. The maximum atomic E-state index is 11.7. The molecule has 130 valence electrons. The van der Waals surface area contributed by atoms with Gasteiger partial charge < -0.3 is 15.2 Å². The summed E-state index contributed by atoms with van der Waals surface area (Å²) in [4.78, 5) is 22.9. The molecule has 8 heteroatoms. The third-order valence-corrected chi connectivity index (χ3v) is 2.99. The molecule has 0 bridgehead atoms. The number of carboxylic acid groups (broad SMARTS) is 1. The van der Waals surface area contributed by atoms with E-state index in [9.17, 15) is 14.7 Å². The number of ether oxygens (including phenoxy) is 1. The van der Waals surface area contributed by atoms with E-state index in [1.54, 1.807) is 20.8 Å². The van der Waals surface area contributed by atoms with E-state index >= 15 is 0 Å². The molecule has 8 nitrogen and oxygen atoms in total. The highest BCUT2D eigenvalue weighted by atomic mass is 16.6. The maximum absolute atomic E-state index is 11.7. The summed E-state index contributed by atoms with van der Waals surface area (Å²) in [5.74, 6) is -0.609. The van der Waals surface area contributed by atoms with Gasteiger partial charge in [-0.2, -0.15) is 0 Å². The van der Waals surface area contributed by atoms with Crippen LogP contribution in [0.5, 0.6) is 0 Å². The zero-order valence-corrected chi connectivity index (χ0v) is 14.4. The van der Waals surface area contributed by atoms with Crippen molar-refractivity contribution in [2.75, 3.05) is 0 Å². The summed E-state index contributed by atoms with van der Waals surface area (Å²) in [7, 11) is 0. The number of carbonyl (C=O) groups is 2. The lowest BCUT2D eigenvalue weighted by Gasteiger charge is -2.19. The van der Waals surface area contributed by atoms with Crippen molar-refractivity contribution in [1.29, 1.82) is 0 Å². The number of carbonyl (C=O) groups excluding carboxylic acids is 1. The molecular weight excluding hydrogens is 300 g/mol. The van der Waals surface area contributed by atoms with Gasteiger partial charge in [0.15, 0.2) is 5.69 Å². The zero-order valence-electron chi connectivity index (χ0n) is 14.4. The largest absolute Gasteiger partial charge is 0.476 e. The molecule has 0 saturated carbocycles. The molecule has 0 atom stereocenters. The number of nitrogens with one attached hydrogen (secondary N) is 1. The van der Waals surface area contributed by atoms with E-state index in [1.165, 1.54) is 4.68 Å². The maximum Gasteiger partial charge on any atom is 0.407 e. The lowest BCUT2D eigenvalue weighted by molar-refractivity contribution is 0.0519. The molecular formula is C15H26N4O4.